The highest BCUT2D eigenvalue weighted by Crippen LogP contribution is 2.21. The molecule has 0 atom stereocenters. The summed E-state index contributed by atoms with van der Waals surface area (Å²) in [7, 11) is 1.56. The molecule has 0 unspecified atom stereocenters. The van der Waals surface area contributed by atoms with Crippen LogP contribution in [0.25, 0.3) is 0 Å². The van der Waals surface area contributed by atoms with Crippen LogP contribution in [0.1, 0.15) is 32.1 Å². The smallest absolute Gasteiger partial charge is 0.257 e. The summed E-state index contributed by atoms with van der Waals surface area (Å²) in [4.78, 5) is 32.1. The van der Waals surface area contributed by atoms with Crippen molar-refractivity contribution in [2.45, 2.75) is 13.8 Å². The summed E-state index contributed by atoms with van der Waals surface area (Å²) >= 11 is 0. The number of nitrogens with zero attached hydrogens (tertiary/aromatic N) is 2. The molecule has 3 rings (SSSR count). The molecule has 0 bridgehead atoms. The van der Waals surface area contributed by atoms with Crippen LogP contribution in [-0.2, 0) is 0 Å². The van der Waals surface area contributed by atoms with Crippen LogP contribution < -0.4 is 4.74 Å². The van der Waals surface area contributed by atoms with E-state index < -0.39 is 0 Å². The lowest BCUT2D eigenvalue weighted by molar-refractivity contribution is 0.0533. The number of carbonyl (C=O) groups is 2. The fourth-order valence-electron chi connectivity index (χ4n) is 3.22. The van der Waals surface area contributed by atoms with Crippen molar-refractivity contribution in [1.29, 1.82) is 0 Å². The van der Waals surface area contributed by atoms with Crippen molar-refractivity contribution in [3.05, 3.63) is 52.8 Å². The Labute approximate surface area is 147 Å². The topological polar surface area (TPSA) is 65.6 Å². The number of para-hydroxylation sites is 1. The van der Waals surface area contributed by atoms with Crippen molar-refractivity contribution >= 4 is 11.8 Å². The highest BCUT2D eigenvalue weighted by atomic mass is 16.5. The Balaban J connectivity index is 1.66. The predicted octanol–water partition coefficient (Wildman–Crippen LogP) is 2.24. The predicted molar refractivity (Wildman–Crippen MR) is 95.1 cm³/mol. The highest BCUT2D eigenvalue weighted by molar-refractivity contribution is 5.98. The van der Waals surface area contributed by atoms with E-state index >= 15 is 0 Å². The first-order valence-electron chi connectivity index (χ1n) is 8.39. The Morgan fingerprint density at radius 2 is 1.52 bits per heavy atom. The van der Waals surface area contributed by atoms with Crippen molar-refractivity contribution < 1.29 is 14.3 Å². The molecule has 1 N–H and O–H groups in total. The van der Waals surface area contributed by atoms with Crippen LogP contribution in [0.2, 0.25) is 0 Å². The number of methoxy groups -OCH3 is 1. The van der Waals surface area contributed by atoms with Gasteiger partial charge in [0.25, 0.3) is 11.8 Å². The Hall–Kier alpha value is -2.76. The lowest BCUT2D eigenvalue weighted by Crippen LogP contribution is -2.50. The summed E-state index contributed by atoms with van der Waals surface area (Å²) < 4.78 is 5.27. The maximum absolute atomic E-state index is 12.7. The molecule has 1 aliphatic rings. The number of ether oxygens (including phenoxy) is 1. The SMILES string of the molecule is COc1ccccc1C(=O)N1CCN(C(=O)c2cc(C)[nH]c2C)CC1. The number of H-pyrrole nitrogens is 1. The van der Waals surface area contributed by atoms with Crippen molar-refractivity contribution in [2.75, 3.05) is 33.3 Å². The maximum Gasteiger partial charge on any atom is 0.257 e. The van der Waals surface area contributed by atoms with Gasteiger partial charge in [0.1, 0.15) is 5.75 Å². The molecule has 25 heavy (non-hydrogen) atoms. The molecule has 1 fully saturated rings. The molecule has 6 heteroatoms. The second-order valence-corrected chi connectivity index (χ2v) is 6.28. The summed E-state index contributed by atoms with van der Waals surface area (Å²) in [6.07, 6.45) is 0. The first kappa shape index (κ1) is 17.1. The van der Waals surface area contributed by atoms with Gasteiger partial charge in [-0.3, -0.25) is 9.59 Å². The number of benzene rings is 1. The largest absolute Gasteiger partial charge is 0.496 e. The van der Waals surface area contributed by atoms with E-state index in [1.807, 2.05) is 36.9 Å². The zero-order chi connectivity index (χ0) is 18.0. The van der Waals surface area contributed by atoms with E-state index in [1.165, 1.54) is 0 Å². The van der Waals surface area contributed by atoms with Crippen LogP contribution in [0, 0.1) is 13.8 Å². The van der Waals surface area contributed by atoms with Crippen molar-refractivity contribution in [1.82, 2.24) is 14.8 Å². The number of piperazine rings is 1. The molecule has 0 saturated carbocycles. The molecule has 0 aliphatic carbocycles. The minimum atomic E-state index is -0.0572. The lowest BCUT2D eigenvalue weighted by Gasteiger charge is -2.35. The third-order valence-corrected chi connectivity index (χ3v) is 4.57. The van der Waals surface area contributed by atoms with Crippen LogP contribution in [0.15, 0.2) is 30.3 Å². The van der Waals surface area contributed by atoms with Crippen molar-refractivity contribution in [3.8, 4) is 5.75 Å². The fraction of sp³-hybridized carbons (Fsp3) is 0.368. The quantitative estimate of drug-likeness (QED) is 0.931. The molecule has 2 aromatic rings. The lowest BCUT2D eigenvalue weighted by atomic mass is 10.1. The number of aromatic amines is 1. The minimum absolute atomic E-state index is 0.0197. The van der Waals surface area contributed by atoms with E-state index in [4.69, 9.17) is 4.74 Å². The van der Waals surface area contributed by atoms with E-state index in [1.54, 1.807) is 24.1 Å². The van der Waals surface area contributed by atoms with Gasteiger partial charge in [0.15, 0.2) is 0 Å². The molecule has 1 aliphatic heterocycles. The first-order chi connectivity index (χ1) is 12.0. The molecule has 6 nitrogen and oxygen atoms in total. The fourth-order valence-corrected chi connectivity index (χ4v) is 3.22. The number of aromatic nitrogens is 1. The number of amides is 2. The average Bonchev–Trinajstić information content (AvgIpc) is 2.98. The van der Waals surface area contributed by atoms with Crippen LogP contribution >= 0.6 is 0 Å². The summed E-state index contributed by atoms with van der Waals surface area (Å²) in [5.41, 5.74) is 3.13. The second kappa shape index (κ2) is 7.01. The molecule has 1 aromatic heterocycles. The monoisotopic (exact) mass is 341 g/mol. The van der Waals surface area contributed by atoms with Crippen LogP contribution in [0.4, 0.5) is 0 Å². The highest BCUT2D eigenvalue weighted by Gasteiger charge is 2.27. The average molecular weight is 341 g/mol. The second-order valence-electron chi connectivity index (χ2n) is 6.28. The van der Waals surface area contributed by atoms with Crippen LogP contribution in [0.3, 0.4) is 0 Å². The molecular weight excluding hydrogens is 318 g/mol. The Morgan fingerprint density at radius 3 is 2.04 bits per heavy atom. The zero-order valence-corrected chi connectivity index (χ0v) is 14.8. The molecule has 132 valence electrons. The summed E-state index contributed by atoms with van der Waals surface area (Å²) in [6.45, 7) is 5.94. The number of hydrogen-bond acceptors (Lipinski definition) is 3. The van der Waals surface area contributed by atoms with Gasteiger partial charge in [0.05, 0.1) is 18.2 Å². The van der Waals surface area contributed by atoms with Crippen molar-refractivity contribution in [3.63, 3.8) is 0 Å². The van der Waals surface area contributed by atoms with Gasteiger partial charge in [-0.1, -0.05) is 12.1 Å². The van der Waals surface area contributed by atoms with E-state index in [0.29, 0.717) is 43.1 Å². The Bertz CT molecular complexity index is 789. The standard InChI is InChI=1S/C19H23N3O3/c1-13-12-16(14(2)20-13)19(24)22-10-8-21(9-11-22)18(23)15-6-4-5-7-17(15)25-3/h4-7,12,20H,8-11H2,1-3H3. The maximum atomic E-state index is 12.7. The number of nitrogens with one attached hydrogen (secondary N) is 1. The Morgan fingerprint density at radius 1 is 0.960 bits per heavy atom. The molecule has 2 heterocycles. The van der Waals surface area contributed by atoms with Gasteiger partial charge in [-0.15, -0.1) is 0 Å². The molecule has 1 saturated heterocycles. The molecular formula is C19H23N3O3. The summed E-state index contributed by atoms with van der Waals surface area (Å²) in [6, 6.07) is 9.10. The normalized spacial score (nSPS) is 14.5. The number of hydrogen-bond donors (Lipinski definition) is 1. The van der Waals surface area contributed by atoms with E-state index in [9.17, 15) is 9.59 Å². The van der Waals surface area contributed by atoms with Crippen LogP contribution in [-0.4, -0.2) is 59.9 Å². The van der Waals surface area contributed by atoms with E-state index in [-0.39, 0.29) is 11.8 Å². The van der Waals surface area contributed by atoms with Gasteiger partial charge in [-0.25, -0.2) is 0 Å². The minimum Gasteiger partial charge on any atom is -0.496 e. The van der Waals surface area contributed by atoms with Gasteiger partial charge < -0.3 is 19.5 Å². The molecule has 0 radical (unpaired) electrons. The number of carbonyl (C=O) groups excluding carboxylic acids is 2. The van der Waals surface area contributed by atoms with Gasteiger partial charge in [-0.05, 0) is 32.0 Å². The van der Waals surface area contributed by atoms with E-state index in [0.717, 1.165) is 11.4 Å². The number of aryl methyl sites for hydroxylation is 2. The number of rotatable bonds is 3. The zero-order valence-electron chi connectivity index (χ0n) is 14.8. The molecule has 0 spiro atoms. The molecule has 1 aromatic carbocycles. The van der Waals surface area contributed by atoms with Gasteiger partial charge in [0, 0.05) is 37.6 Å². The van der Waals surface area contributed by atoms with Gasteiger partial charge >= 0.3 is 0 Å². The van der Waals surface area contributed by atoms with Crippen molar-refractivity contribution in [2.24, 2.45) is 0 Å². The Kier molecular flexibility index (Phi) is 4.79. The third-order valence-electron chi connectivity index (χ3n) is 4.57. The summed E-state index contributed by atoms with van der Waals surface area (Å²) in [5.74, 6) is 0.536. The van der Waals surface area contributed by atoms with Gasteiger partial charge in [-0.2, -0.15) is 0 Å². The van der Waals surface area contributed by atoms with Crippen LogP contribution in [0.5, 0.6) is 5.75 Å². The van der Waals surface area contributed by atoms with E-state index in [2.05, 4.69) is 4.98 Å². The van der Waals surface area contributed by atoms with Gasteiger partial charge in [0.2, 0.25) is 0 Å². The third kappa shape index (κ3) is 3.38. The molecule has 2 amide bonds. The first-order valence-corrected chi connectivity index (χ1v) is 8.39. The summed E-state index contributed by atoms with van der Waals surface area (Å²) in [5, 5.41) is 0.